The first-order valence-corrected chi connectivity index (χ1v) is 8.58. The van der Waals surface area contributed by atoms with E-state index in [0.717, 1.165) is 28.4 Å². The van der Waals surface area contributed by atoms with Gasteiger partial charge in [-0.25, -0.2) is 0 Å². The van der Waals surface area contributed by atoms with Crippen LogP contribution in [0.4, 0.5) is 11.4 Å². The third kappa shape index (κ3) is 3.62. The highest BCUT2D eigenvalue weighted by molar-refractivity contribution is 7.15. The van der Waals surface area contributed by atoms with Crippen LogP contribution in [0.2, 0.25) is 0 Å². The molecule has 0 aliphatic rings. The maximum Gasteiger partial charge on any atom is 0.278 e. The summed E-state index contributed by atoms with van der Waals surface area (Å²) < 4.78 is 1.91. The van der Waals surface area contributed by atoms with Crippen molar-refractivity contribution in [1.82, 2.24) is 9.78 Å². The van der Waals surface area contributed by atoms with Gasteiger partial charge in [0.05, 0.1) is 22.4 Å². The number of benzene rings is 1. The number of hydrogen-bond donors (Lipinski definition) is 1. The van der Waals surface area contributed by atoms with Gasteiger partial charge in [-0.3, -0.25) is 14.8 Å². The molecule has 3 aromatic rings. The van der Waals surface area contributed by atoms with Gasteiger partial charge in [-0.15, -0.1) is 11.3 Å². The van der Waals surface area contributed by atoms with Crippen LogP contribution in [0.5, 0.6) is 0 Å². The number of aryl methyl sites for hydroxylation is 1. The SMILES string of the molecule is CCCn1cc(NCc2ccc(-c3ccccc3[N+](=O)[O-])s2)cn1. The molecule has 124 valence electrons. The van der Waals surface area contributed by atoms with Crippen LogP contribution in [0.3, 0.4) is 0 Å². The Labute approximate surface area is 143 Å². The number of aromatic nitrogens is 2. The van der Waals surface area contributed by atoms with Crippen molar-refractivity contribution in [2.45, 2.75) is 26.4 Å². The zero-order chi connectivity index (χ0) is 16.9. The molecule has 0 saturated carbocycles. The Hall–Kier alpha value is -2.67. The Morgan fingerprint density at radius 3 is 2.92 bits per heavy atom. The normalized spacial score (nSPS) is 10.7. The Morgan fingerprint density at radius 2 is 2.12 bits per heavy atom. The molecule has 0 atom stereocenters. The zero-order valence-corrected chi connectivity index (χ0v) is 14.1. The topological polar surface area (TPSA) is 73.0 Å². The van der Waals surface area contributed by atoms with Gasteiger partial charge in [-0.2, -0.15) is 5.10 Å². The van der Waals surface area contributed by atoms with Gasteiger partial charge in [0.1, 0.15) is 0 Å². The van der Waals surface area contributed by atoms with Gasteiger partial charge in [0.25, 0.3) is 5.69 Å². The van der Waals surface area contributed by atoms with Crippen molar-refractivity contribution >= 4 is 22.7 Å². The molecule has 0 spiro atoms. The van der Waals surface area contributed by atoms with E-state index < -0.39 is 0 Å². The van der Waals surface area contributed by atoms with E-state index in [0.29, 0.717) is 12.1 Å². The zero-order valence-electron chi connectivity index (χ0n) is 13.3. The van der Waals surface area contributed by atoms with Gasteiger partial charge >= 0.3 is 0 Å². The fourth-order valence-corrected chi connectivity index (χ4v) is 3.44. The molecule has 0 fully saturated rings. The second-order valence-corrected chi connectivity index (χ2v) is 6.55. The van der Waals surface area contributed by atoms with Gasteiger partial charge < -0.3 is 5.32 Å². The fourth-order valence-electron chi connectivity index (χ4n) is 2.45. The molecule has 3 rings (SSSR count). The Balaban J connectivity index is 1.70. The van der Waals surface area contributed by atoms with Gasteiger partial charge in [0.15, 0.2) is 0 Å². The molecule has 6 nitrogen and oxygen atoms in total. The monoisotopic (exact) mass is 342 g/mol. The lowest BCUT2D eigenvalue weighted by Gasteiger charge is -2.01. The predicted octanol–water partition coefficient (Wildman–Crippen LogP) is 4.54. The van der Waals surface area contributed by atoms with Crippen LogP contribution in [0.1, 0.15) is 18.2 Å². The average molecular weight is 342 g/mol. The fraction of sp³-hybridized carbons (Fsp3) is 0.235. The molecule has 0 aliphatic heterocycles. The van der Waals surface area contributed by atoms with E-state index in [1.165, 1.54) is 6.07 Å². The molecular weight excluding hydrogens is 324 g/mol. The van der Waals surface area contributed by atoms with E-state index in [4.69, 9.17) is 0 Å². The van der Waals surface area contributed by atoms with E-state index in [1.807, 2.05) is 35.3 Å². The Kier molecular flexibility index (Phi) is 4.90. The lowest BCUT2D eigenvalue weighted by atomic mass is 10.1. The third-order valence-corrected chi connectivity index (χ3v) is 4.70. The maximum absolute atomic E-state index is 11.2. The van der Waals surface area contributed by atoms with E-state index in [9.17, 15) is 10.1 Å². The second kappa shape index (κ2) is 7.27. The van der Waals surface area contributed by atoms with Gasteiger partial charge in [-0.05, 0) is 24.6 Å². The summed E-state index contributed by atoms with van der Waals surface area (Å²) in [6.07, 6.45) is 4.84. The first-order valence-electron chi connectivity index (χ1n) is 7.76. The van der Waals surface area contributed by atoms with E-state index in [1.54, 1.807) is 23.5 Å². The van der Waals surface area contributed by atoms with Crippen molar-refractivity contribution in [2.24, 2.45) is 0 Å². The molecule has 0 saturated heterocycles. The molecule has 0 radical (unpaired) electrons. The minimum atomic E-state index is -0.338. The van der Waals surface area contributed by atoms with Crippen LogP contribution >= 0.6 is 11.3 Å². The summed E-state index contributed by atoms with van der Waals surface area (Å²) in [6.45, 7) is 3.69. The first kappa shape index (κ1) is 16.2. The smallest absolute Gasteiger partial charge is 0.278 e. The van der Waals surface area contributed by atoms with Crippen LogP contribution in [0, 0.1) is 10.1 Å². The quantitative estimate of drug-likeness (QED) is 0.505. The number of thiophene rings is 1. The van der Waals surface area contributed by atoms with Gasteiger partial charge in [0.2, 0.25) is 0 Å². The molecule has 2 aromatic heterocycles. The lowest BCUT2D eigenvalue weighted by Crippen LogP contribution is -1.97. The molecule has 0 aliphatic carbocycles. The summed E-state index contributed by atoms with van der Waals surface area (Å²) in [5, 5.41) is 18.8. The Morgan fingerprint density at radius 1 is 1.29 bits per heavy atom. The molecule has 1 N–H and O–H groups in total. The Bertz CT molecular complexity index is 840. The molecule has 0 unspecified atom stereocenters. The van der Waals surface area contributed by atoms with Gasteiger partial charge in [-0.1, -0.05) is 19.1 Å². The highest BCUT2D eigenvalue weighted by Gasteiger charge is 2.15. The molecule has 24 heavy (non-hydrogen) atoms. The van der Waals surface area contributed by atoms with Gasteiger partial charge in [0, 0.05) is 35.1 Å². The first-order chi connectivity index (χ1) is 11.7. The molecule has 2 heterocycles. The molecule has 0 amide bonds. The minimum Gasteiger partial charge on any atom is -0.378 e. The summed E-state index contributed by atoms with van der Waals surface area (Å²) in [6, 6.07) is 10.8. The lowest BCUT2D eigenvalue weighted by molar-refractivity contribution is -0.384. The van der Waals surface area contributed by atoms with E-state index >= 15 is 0 Å². The van der Waals surface area contributed by atoms with Crippen LogP contribution in [-0.2, 0) is 13.1 Å². The number of para-hydroxylation sites is 1. The van der Waals surface area contributed by atoms with Crippen LogP contribution in [0.25, 0.3) is 10.4 Å². The summed E-state index contributed by atoms with van der Waals surface area (Å²) in [5.41, 5.74) is 1.78. The number of anilines is 1. The molecule has 0 bridgehead atoms. The van der Waals surface area contributed by atoms with Crippen molar-refractivity contribution in [2.75, 3.05) is 5.32 Å². The van der Waals surface area contributed by atoms with Crippen molar-refractivity contribution in [1.29, 1.82) is 0 Å². The maximum atomic E-state index is 11.2. The van der Waals surface area contributed by atoms with Crippen LogP contribution in [-0.4, -0.2) is 14.7 Å². The number of nitrogens with one attached hydrogen (secondary N) is 1. The predicted molar refractivity (Wildman–Crippen MR) is 96.3 cm³/mol. The molecule has 1 aromatic carbocycles. The van der Waals surface area contributed by atoms with Crippen LogP contribution < -0.4 is 5.32 Å². The highest BCUT2D eigenvalue weighted by atomic mass is 32.1. The van der Waals surface area contributed by atoms with Crippen molar-refractivity contribution in [3.05, 3.63) is 63.8 Å². The van der Waals surface area contributed by atoms with Crippen molar-refractivity contribution in [3.8, 4) is 10.4 Å². The van der Waals surface area contributed by atoms with Crippen molar-refractivity contribution in [3.63, 3.8) is 0 Å². The van der Waals surface area contributed by atoms with E-state index in [-0.39, 0.29) is 10.6 Å². The number of nitro benzene ring substituents is 1. The van der Waals surface area contributed by atoms with E-state index in [2.05, 4.69) is 17.3 Å². The largest absolute Gasteiger partial charge is 0.378 e. The number of nitrogens with zero attached hydrogens (tertiary/aromatic N) is 3. The summed E-state index contributed by atoms with van der Waals surface area (Å²) in [5.74, 6) is 0. The average Bonchev–Trinajstić information content (AvgIpc) is 3.22. The summed E-state index contributed by atoms with van der Waals surface area (Å²) in [4.78, 5) is 12.8. The number of hydrogen-bond acceptors (Lipinski definition) is 5. The third-order valence-electron chi connectivity index (χ3n) is 3.58. The summed E-state index contributed by atoms with van der Waals surface area (Å²) >= 11 is 1.56. The number of nitro groups is 1. The second-order valence-electron chi connectivity index (χ2n) is 5.39. The molecular formula is C17H18N4O2S. The number of rotatable bonds is 7. The van der Waals surface area contributed by atoms with Crippen molar-refractivity contribution < 1.29 is 4.92 Å². The summed E-state index contributed by atoms with van der Waals surface area (Å²) in [7, 11) is 0. The minimum absolute atomic E-state index is 0.139. The standard InChI is InChI=1S/C17H18N4O2S/c1-2-9-20-12-13(10-19-20)18-11-14-7-8-17(24-14)15-5-3-4-6-16(15)21(22)23/h3-8,10,12,18H,2,9,11H2,1H3. The molecule has 7 heteroatoms. The highest BCUT2D eigenvalue weighted by Crippen LogP contribution is 2.34. The van der Waals surface area contributed by atoms with Crippen LogP contribution in [0.15, 0.2) is 48.8 Å².